The monoisotopic (exact) mass is 378 g/mol. The lowest BCUT2D eigenvalue weighted by Crippen LogP contribution is -2.56. The van der Waals surface area contributed by atoms with E-state index in [1.807, 2.05) is 6.26 Å². The fraction of sp³-hybridized carbons (Fsp3) is 0.714. The van der Waals surface area contributed by atoms with Crippen molar-refractivity contribution in [1.82, 2.24) is 16.0 Å². The maximum Gasteiger partial charge on any atom is 0.325 e. The number of nitrogens with two attached hydrogens (primary N) is 1. The van der Waals surface area contributed by atoms with Gasteiger partial charge in [-0.2, -0.15) is 11.8 Å². The average Bonchev–Trinajstić information content (AvgIpc) is 2.56. The number of carbonyl (C=O) groups is 4. The second-order valence-corrected chi connectivity index (χ2v) is 6.42. The molecule has 0 radical (unpaired) electrons. The Morgan fingerprint density at radius 3 is 2.04 bits per heavy atom. The summed E-state index contributed by atoms with van der Waals surface area (Å²) in [4.78, 5) is 46.7. The second-order valence-electron chi connectivity index (χ2n) is 5.43. The Morgan fingerprint density at radius 2 is 1.56 bits per heavy atom. The maximum atomic E-state index is 12.2. The van der Waals surface area contributed by atoms with Crippen molar-refractivity contribution in [3.8, 4) is 0 Å². The predicted molar refractivity (Wildman–Crippen MR) is 92.8 cm³/mol. The molecule has 0 rings (SSSR count). The number of aliphatic hydroxyl groups is 1. The molecule has 0 aliphatic heterocycles. The van der Waals surface area contributed by atoms with Crippen molar-refractivity contribution in [2.45, 2.75) is 44.4 Å². The Morgan fingerprint density at radius 1 is 1.00 bits per heavy atom. The van der Waals surface area contributed by atoms with E-state index in [0.29, 0.717) is 12.2 Å². The first-order chi connectivity index (χ1) is 11.6. The lowest BCUT2D eigenvalue weighted by molar-refractivity contribution is -0.141. The average molecular weight is 378 g/mol. The molecule has 0 aliphatic rings. The number of hydrogen-bond donors (Lipinski definition) is 6. The van der Waals surface area contributed by atoms with Crippen LogP contribution in [-0.2, 0) is 19.2 Å². The molecule has 10 nitrogen and oxygen atoms in total. The van der Waals surface area contributed by atoms with Crippen LogP contribution in [0.5, 0.6) is 0 Å². The van der Waals surface area contributed by atoms with Gasteiger partial charge in [-0.15, -0.1) is 0 Å². The molecule has 0 heterocycles. The number of aliphatic hydroxyl groups excluding tert-OH is 1. The number of carboxylic acid groups (broad SMARTS) is 1. The lowest BCUT2D eigenvalue weighted by atomic mass is 10.1. The van der Waals surface area contributed by atoms with Gasteiger partial charge in [0.1, 0.15) is 24.2 Å². The van der Waals surface area contributed by atoms with E-state index in [9.17, 15) is 19.2 Å². The molecule has 3 amide bonds. The molecule has 0 aliphatic carbocycles. The van der Waals surface area contributed by atoms with E-state index >= 15 is 0 Å². The molecule has 0 saturated heterocycles. The summed E-state index contributed by atoms with van der Waals surface area (Å²) < 4.78 is 0. The number of hydrogen-bond acceptors (Lipinski definition) is 7. The standard InChI is InChI=1S/C14H26N4O6S/c1-7(16-12(21)9(15)6-19)11(20)18-10(4-5-25-3)13(22)17-8(2)14(23)24/h7-10,19H,4-6,15H2,1-3H3,(H,16,21)(H,17,22)(H,18,20)(H,23,24). The molecule has 0 aromatic heterocycles. The van der Waals surface area contributed by atoms with Crippen LogP contribution in [0.4, 0.5) is 0 Å². The summed E-state index contributed by atoms with van der Waals surface area (Å²) in [5.74, 6) is -2.57. The summed E-state index contributed by atoms with van der Waals surface area (Å²) in [6, 6.07) is -4.16. The van der Waals surface area contributed by atoms with Gasteiger partial charge in [0.2, 0.25) is 17.7 Å². The minimum Gasteiger partial charge on any atom is -0.480 e. The van der Waals surface area contributed by atoms with Gasteiger partial charge in [0, 0.05) is 0 Å². The molecule has 7 N–H and O–H groups in total. The highest BCUT2D eigenvalue weighted by molar-refractivity contribution is 7.98. The molecule has 144 valence electrons. The van der Waals surface area contributed by atoms with Crippen molar-refractivity contribution in [3.63, 3.8) is 0 Å². The Hall–Kier alpha value is -1.85. The maximum absolute atomic E-state index is 12.2. The summed E-state index contributed by atoms with van der Waals surface area (Å²) in [6.07, 6.45) is 2.12. The highest BCUT2D eigenvalue weighted by atomic mass is 32.2. The second kappa shape index (κ2) is 11.7. The Balaban J connectivity index is 4.82. The summed E-state index contributed by atoms with van der Waals surface area (Å²) in [7, 11) is 0. The van der Waals surface area contributed by atoms with E-state index in [-0.39, 0.29) is 0 Å². The van der Waals surface area contributed by atoms with E-state index in [1.54, 1.807) is 0 Å². The summed E-state index contributed by atoms with van der Waals surface area (Å²) in [5, 5.41) is 24.8. The summed E-state index contributed by atoms with van der Waals surface area (Å²) in [5.41, 5.74) is 5.35. The zero-order chi connectivity index (χ0) is 19.6. The molecule has 4 unspecified atom stereocenters. The zero-order valence-electron chi connectivity index (χ0n) is 14.4. The molecule has 0 saturated carbocycles. The SMILES string of the molecule is CSCCC(NC(=O)C(C)NC(=O)C(N)CO)C(=O)NC(C)C(=O)O. The molecule has 11 heteroatoms. The van der Waals surface area contributed by atoms with Crippen molar-refractivity contribution >= 4 is 35.5 Å². The molecule has 4 atom stereocenters. The third-order valence-electron chi connectivity index (χ3n) is 3.26. The van der Waals surface area contributed by atoms with E-state index < -0.39 is 54.5 Å². The molecule has 0 aromatic carbocycles. The van der Waals surface area contributed by atoms with Crippen molar-refractivity contribution < 1.29 is 29.4 Å². The van der Waals surface area contributed by atoms with Crippen LogP contribution in [0.25, 0.3) is 0 Å². The molecule has 25 heavy (non-hydrogen) atoms. The van der Waals surface area contributed by atoms with Gasteiger partial charge in [-0.3, -0.25) is 19.2 Å². The number of aliphatic carboxylic acids is 1. The molecule has 0 aromatic rings. The first kappa shape index (κ1) is 23.1. The molecule has 0 bridgehead atoms. The minimum absolute atomic E-state index is 0.294. The van der Waals surface area contributed by atoms with Crippen LogP contribution in [0.15, 0.2) is 0 Å². The fourth-order valence-electron chi connectivity index (χ4n) is 1.65. The van der Waals surface area contributed by atoms with Crippen LogP contribution in [0, 0.1) is 0 Å². The molecular formula is C14H26N4O6S. The van der Waals surface area contributed by atoms with Gasteiger partial charge in [-0.05, 0) is 32.3 Å². The van der Waals surface area contributed by atoms with Crippen LogP contribution < -0.4 is 21.7 Å². The van der Waals surface area contributed by atoms with Crippen LogP contribution >= 0.6 is 11.8 Å². The Kier molecular flexibility index (Phi) is 10.8. The van der Waals surface area contributed by atoms with Gasteiger partial charge < -0.3 is 31.9 Å². The van der Waals surface area contributed by atoms with Crippen molar-refractivity contribution in [2.24, 2.45) is 5.73 Å². The van der Waals surface area contributed by atoms with Gasteiger partial charge in [0.05, 0.1) is 6.61 Å². The number of thioether (sulfide) groups is 1. The van der Waals surface area contributed by atoms with Crippen molar-refractivity contribution in [2.75, 3.05) is 18.6 Å². The van der Waals surface area contributed by atoms with Crippen LogP contribution in [0.2, 0.25) is 0 Å². The van der Waals surface area contributed by atoms with Gasteiger partial charge >= 0.3 is 5.97 Å². The predicted octanol–water partition coefficient (Wildman–Crippen LogP) is -2.36. The van der Waals surface area contributed by atoms with E-state index in [1.165, 1.54) is 25.6 Å². The first-order valence-corrected chi connectivity index (χ1v) is 9.02. The van der Waals surface area contributed by atoms with E-state index in [2.05, 4.69) is 16.0 Å². The van der Waals surface area contributed by atoms with Crippen LogP contribution in [0.3, 0.4) is 0 Å². The zero-order valence-corrected chi connectivity index (χ0v) is 15.3. The highest BCUT2D eigenvalue weighted by Crippen LogP contribution is 2.02. The van der Waals surface area contributed by atoms with Gasteiger partial charge in [-0.1, -0.05) is 0 Å². The number of rotatable bonds is 11. The number of nitrogens with one attached hydrogen (secondary N) is 3. The largest absolute Gasteiger partial charge is 0.480 e. The van der Waals surface area contributed by atoms with Gasteiger partial charge in [0.25, 0.3) is 0 Å². The first-order valence-electron chi connectivity index (χ1n) is 7.63. The van der Waals surface area contributed by atoms with E-state index in [0.717, 1.165) is 0 Å². The van der Waals surface area contributed by atoms with Crippen LogP contribution in [0.1, 0.15) is 20.3 Å². The normalized spacial score (nSPS) is 15.4. The molecule has 0 fully saturated rings. The van der Waals surface area contributed by atoms with Crippen molar-refractivity contribution in [3.05, 3.63) is 0 Å². The highest BCUT2D eigenvalue weighted by Gasteiger charge is 2.26. The van der Waals surface area contributed by atoms with Gasteiger partial charge in [-0.25, -0.2) is 0 Å². The van der Waals surface area contributed by atoms with Crippen molar-refractivity contribution in [1.29, 1.82) is 0 Å². The lowest BCUT2D eigenvalue weighted by Gasteiger charge is -2.22. The Bertz CT molecular complexity index is 490. The topological polar surface area (TPSA) is 171 Å². The van der Waals surface area contributed by atoms with E-state index in [4.69, 9.17) is 15.9 Å². The van der Waals surface area contributed by atoms with Crippen LogP contribution in [-0.4, -0.2) is 76.7 Å². The number of amides is 3. The number of carboxylic acids is 1. The molecular weight excluding hydrogens is 352 g/mol. The summed E-state index contributed by atoms with van der Waals surface area (Å²) in [6.45, 7) is 2.15. The summed E-state index contributed by atoms with van der Waals surface area (Å²) >= 11 is 1.46. The quantitative estimate of drug-likeness (QED) is 0.232. The Labute approximate surface area is 150 Å². The smallest absolute Gasteiger partial charge is 0.325 e. The minimum atomic E-state index is -1.19. The number of carbonyl (C=O) groups excluding carboxylic acids is 3. The fourth-order valence-corrected chi connectivity index (χ4v) is 2.12. The molecule has 0 spiro atoms. The van der Waals surface area contributed by atoms with Gasteiger partial charge in [0.15, 0.2) is 0 Å². The third kappa shape index (κ3) is 8.70. The third-order valence-corrected chi connectivity index (χ3v) is 3.90.